The fourth-order valence-corrected chi connectivity index (χ4v) is 2.00. The second-order valence-corrected chi connectivity index (χ2v) is 4.11. The summed E-state index contributed by atoms with van der Waals surface area (Å²) in [6, 6.07) is 1.79. The zero-order valence-corrected chi connectivity index (χ0v) is 8.27. The van der Waals surface area contributed by atoms with Crippen LogP contribution in [-0.2, 0) is 6.42 Å². The number of halogens is 1. The van der Waals surface area contributed by atoms with E-state index in [1.165, 1.54) is 11.3 Å². The molecule has 0 aliphatic rings. The molecule has 0 amide bonds. The van der Waals surface area contributed by atoms with Crippen LogP contribution >= 0.6 is 22.9 Å². The van der Waals surface area contributed by atoms with Gasteiger partial charge in [0.25, 0.3) is 0 Å². The van der Waals surface area contributed by atoms with Crippen molar-refractivity contribution >= 4 is 22.9 Å². The first kappa shape index (κ1) is 9.99. The van der Waals surface area contributed by atoms with Crippen molar-refractivity contribution in [2.24, 2.45) is 0 Å². The summed E-state index contributed by atoms with van der Waals surface area (Å²) in [4.78, 5) is 0.921. The summed E-state index contributed by atoms with van der Waals surface area (Å²) in [5.74, 6) is 0. The first-order chi connectivity index (χ1) is 5.61. The van der Waals surface area contributed by atoms with Gasteiger partial charge in [0.2, 0.25) is 0 Å². The van der Waals surface area contributed by atoms with Crippen LogP contribution < -0.4 is 0 Å². The van der Waals surface area contributed by atoms with Crippen LogP contribution in [0.5, 0.6) is 0 Å². The molecule has 2 N–H and O–H groups in total. The summed E-state index contributed by atoms with van der Waals surface area (Å²) in [7, 11) is 0. The van der Waals surface area contributed by atoms with E-state index in [-0.39, 0.29) is 0 Å². The van der Waals surface area contributed by atoms with Crippen molar-refractivity contribution in [2.75, 3.05) is 0 Å². The second kappa shape index (κ2) is 4.23. The topological polar surface area (TPSA) is 40.5 Å². The van der Waals surface area contributed by atoms with Gasteiger partial charge in [0.1, 0.15) is 0 Å². The van der Waals surface area contributed by atoms with E-state index >= 15 is 0 Å². The molecule has 0 aliphatic heterocycles. The molecular weight excluding hydrogens is 196 g/mol. The second-order valence-electron chi connectivity index (χ2n) is 2.70. The zero-order valence-electron chi connectivity index (χ0n) is 6.70. The Morgan fingerprint density at radius 1 is 1.58 bits per heavy atom. The normalized spacial score (nSPS) is 16.0. The number of aliphatic hydroxyl groups excluding tert-OH is 2. The number of aliphatic hydroxyl groups is 2. The van der Waals surface area contributed by atoms with Crippen molar-refractivity contribution in [3.8, 4) is 0 Å². The van der Waals surface area contributed by atoms with Gasteiger partial charge in [0.15, 0.2) is 0 Å². The van der Waals surface area contributed by atoms with Gasteiger partial charge in [-0.3, -0.25) is 0 Å². The Morgan fingerprint density at radius 3 is 2.67 bits per heavy atom. The lowest BCUT2D eigenvalue weighted by Gasteiger charge is -2.11. The van der Waals surface area contributed by atoms with Gasteiger partial charge in [0, 0.05) is 11.3 Å². The van der Waals surface area contributed by atoms with Crippen molar-refractivity contribution in [1.82, 2.24) is 0 Å². The molecule has 1 aromatic rings. The summed E-state index contributed by atoms with van der Waals surface area (Å²) < 4.78 is 0. The largest absolute Gasteiger partial charge is 0.391 e. The van der Waals surface area contributed by atoms with Gasteiger partial charge < -0.3 is 10.2 Å². The molecule has 1 aromatic heterocycles. The van der Waals surface area contributed by atoms with Gasteiger partial charge in [-0.2, -0.15) is 0 Å². The van der Waals surface area contributed by atoms with E-state index < -0.39 is 12.2 Å². The predicted molar refractivity (Wildman–Crippen MR) is 50.7 cm³/mol. The highest BCUT2D eigenvalue weighted by Gasteiger charge is 2.13. The van der Waals surface area contributed by atoms with Crippen LogP contribution in [0.4, 0.5) is 0 Å². The third-order valence-electron chi connectivity index (χ3n) is 1.64. The maximum Gasteiger partial charge on any atom is 0.0845 e. The minimum absolute atomic E-state index is 0.425. The van der Waals surface area contributed by atoms with Crippen LogP contribution in [0, 0.1) is 0 Å². The molecule has 0 bridgehead atoms. The first-order valence-electron chi connectivity index (χ1n) is 3.69. The van der Waals surface area contributed by atoms with E-state index in [9.17, 15) is 5.11 Å². The molecular formula is C8H11ClO2S. The summed E-state index contributed by atoms with van der Waals surface area (Å²) in [5.41, 5.74) is 0. The molecule has 0 saturated carbocycles. The Balaban J connectivity index is 2.58. The Kier molecular flexibility index (Phi) is 3.53. The lowest BCUT2D eigenvalue weighted by Crippen LogP contribution is -2.24. The van der Waals surface area contributed by atoms with E-state index in [0.717, 1.165) is 4.88 Å². The van der Waals surface area contributed by atoms with Gasteiger partial charge in [-0.05, 0) is 18.4 Å². The molecule has 12 heavy (non-hydrogen) atoms. The van der Waals surface area contributed by atoms with Crippen LogP contribution in [0.15, 0.2) is 11.4 Å². The summed E-state index contributed by atoms with van der Waals surface area (Å²) in [5, 5.41) is 20.9. The molecule has 1 heterocycles. The highest BCUT2D eigenvalue weighted by Crippen LogP contribution is 2.23. The van der Waals surface area contributed by atoms with E-state index in [1.807, 2.05) is 5.38 Å². The molecule has 0 aromatic carbocycles. The van der Waals surface area contributed by atoms with Crippen LogP contribution in [0.25, 0.3) is 0 Å². The minimum Gasteiger partial charge on any atom is -0.391 e. The predicted octanol–water partition coefficient (Wildman–Crippen LogP) is 1.69. The molecule has 0 aliphatic carbocycles. The molecule has 2 atom stereocenters. The van der Waals surface area contributed by atoms with Gasteiger partial charge in [0.05, 0.1) is 17.2 Å². The highest BCUT2D eigenvalue weighted by atomic mass is 35.5. The molecule has 4 heteroatoms. The Morgan fingerprint density at radius 2 is 2.25 bits per heavy atom. The van der Waals surface area contributed by atoms with Gasteiger partial charge in [-0.15, -0.1) is 11.3 Å². The standard InChI is InChI=1S/C8H11ClO2S/c1-5(10)7(11)4-8-6(9)2-3-12-8/h2-3,5,7,10-11H,4H2,1H3. The van der Waals surface area contributed by atoms with Crippen LogP contribution in [0.3, 0.4) is 0 Å². The number of rotatable bonds is 3. The first-order valence-corrected chi connectivity index (χ1v) is 4.95. The number of hydrogen-bond acceptors (Lipinski definition) is 3. The molecule has 0 spiro atoms. The van der Waals surface area contributed by atoms with Gasteiger partial charge in [-0.1, -0.05) is 11.6 Å². The SMILES string of the molecule is CC(O)C(O)Cc1sccc1Cl. The van der Waals surface area contributed by atoms with E-state index in [4.69, 9.17) is 16.7 Å². The van der Waals surface area contributed by atoms with Crippen molar-refractivity contribution in [3.05, 3.63) is 21.3 Å². The monoisotopic (exact) mass is 206 g/mol. The summed E-state index contributed by atoms with van der Waals surface area (Å²) >= 11 is 7.30. The van der Waals surface area contributed by atoms with Gasteiger partial charge in [-0.25, -0.2) is 0 Å². The summed E-state index contributed by atoms with van der Waals surface area (Å²) in [6.07, 6.45) is -1.00. The molecule has 0 radical (unpaired) electrons. The minimum atomic E-state index is -0.721. The molecule has 68 valence electrons. The Labute approximate surface area is 80.4 Å². The molecule has 0 saturated heterocycles. The van der Waals surface area contributed by atoms with Gasteiger partial charge >= 0.3 is 0 Å². The van der Waals surface area contributed by atoms with Crippen LogP contribution in [-0.4, -0.2) is 22.4 Å². The Hall–Kier alpha value is -0.0900. The maximum atomic E-state index is 9.32. The average Bonchev–Trinajstić information content (AvgIpc) is 2.36. The van der Waals surface area contributed by atoms with Crippen molar-refractivity contribution < 1.29 is 10.2 Å². The molecule has 2 unspecified atom stereocenters. The zero-order chi connectivity index (χ0) is 9.14. The lowest BCUT2D eigenvalue weighted by atomic mass is 10.1. The third-order valence-corrected chi connectivity index (χ3v) is 3.05. The summed E-state index contributed by atoms with van der Waals surface area (Å²) in [6.45, 7) is 1.56. The van der Waals surface area contributed by atoms with Crippen LogP contribution in [0.1, 0.15) is 11.8 Å². The molecule has 0 fully saturated rings. The fourth-order valence-electron chi connectivity index (χ4n) is 0.831. The fraction of sp³-hybridized carbons (Fsp3) is 0.500. The van der Waals surface area contributed by atoms with Crippen molar-refractivity contribution in [3.63, 3.8) is 0 Å². The average molecular weight is 207 g/mol. The lowest BCUT2D eigenvalue weighted by molar-refractivity contribution is 0.0324. The van der Waals surface area contributed by atoms with E-state index in [2.05, 4.69) is 0 Å². The quantitative estimate of drug-likeness (QED) is 0.790. The molecule has 2 nitrogen and oxygen atoms in total. The number of thiophene rings is 1. The number of hydrogen-bond donors (Lipinski definition) is 2. The van der Waals surface area contributed by atoms with E-state index in [0.29, 0.717) is 11.4 Å². The Bertz CT molecular complexity index is 247. The van der Waals surface area contributed by atoms with Crippen molar-refractivity contribution in [1.29, 1.82) is 0 Å². The highest BCUT2D eigenvalue weighted by molar-refractivity contribution is 7.10. The van der Waals surface area contributed by atoms with Crippen LogP contribution in [0.2, 0.25) is 5.02 Å². The van der Waals surface area contributed by atoms with Crippen molar-refractivity contribution in [2.45, 2.75) is 25.6 Å². The third kappa shape index (κ3) is 2.45. The maximum absolute atomic E-state index is 9.32. The smallest absolute Gasteiger partial charge is 0.0845 e. The molecule has 1 rings (SSSR count). The van der Waals surface area contributed by atoms with E-state index in [1.54, 1.807) is 13.0 Å².